The molecule has 0 aliphatic heterocycles. The molecule has 0 aliphatic carbocycles. The molecule has 0 fully saturated rings. The van der Waals surface area contributed by atoms with E-state index in [0.29, 0.717) is 5.88 Å². The predicted molar refractivity (Wildman–Crippen MR) is 77.5 cm³/mol. The van der Waals surface area contributed by atoms with Gasteiger partial charge in [0, 0.05) is 43.2 Å². The van der Waals surface area contributed by atoms with E-state index in [1.165, 1.54) is 17.0 Å². The summed E-state index contributed by atoms with van der Waals surface area (Å²) in [6, 6.07) is 2.05. The molecular weight excluding hydrogens is 260 g/mol. The van der Waals surface area contributed by atoms with Crippen molar-refractivity contribution in [3.05, 3.63) is 34.9 Å². The standard InChI is InChI=1S/C14H21ClN4/c1-4-13-12(10-15)14(5-2)19(17-13)9-7-11-6-8-16-18(11)3/h6,8H,4-5,7,9-10H2,1-3H3. The number of aryl methyl sites for hydroxylation is 4. The van der Waals surface area contributed by atoms with Crippen LogP contribution in [-0.2, 0) is 38.7 Å². The normalized spacial score (nSPS) is 11.2. The van der Waals surface area contributed by atoms with Crippen LogP contribution < -0.4 is 0 Å². The molecule has 0 atom stereocenters. The number of alkyl halides is 1. The van der Waals surface area contributed by atoms with Crippen LogP contribution in [0, 0.1) is 0 Å². The van der Waals surface area contributed by atoms with E-state index in [1.807, 2.05) is 17.9 Å². The molecule has 0 saturated carbocycles. The Morgan fingerprint density at radius 3 is 2.58 bits per heavy atom. The second-order valence-electron chi connectivity index (χ2n) is 4.63. The van der Waals surface area contributed by atoms with Crippen LogP contribution in [0.3, 0.4) is 0 Å². The van der Waals surface area contributed by atoms with Gasteiger partial charge in [-0.05, 0) is 18.9 Å². The first-order chi connectivity index (χ1) is 9.21. The van der Waals surface area contributed by atoms with E-state index in [9.17, 15) is 0 Å². The molecule has 0 amide bonds. The van der Waals surface area contributed by atoms with Gasteiger partial charge in [0.2, 0.25) is 0 Å². The fourth-order valence-electron chi connectivity index (χ4n) is 2.47. The highest BCUT2D eigenvalue weighted by atomic mass is 35.5. The maximum Gasteiger partial charge on any atom is 0.0668 e. The Labute approximate surface area is 119 Å². The number of hydrogen-bond donors (Lipinski definition) is 0. The van der Waals surface area contributed by atoms with Crippen LogP contribution in [0.5, 0.6) is 0 Å². The van der Waals surface area contributed by atoms with E-state index in [-0.39, 0.29) is 0 Å². The number of halogens is 1. The molecule has 0 bridgehead atoms. The topological polar surface area (TPSA) is 35.6 Å². The zero-order valence-corrected chi connectivity index (χ0v) is 12.6. The second kappa shape index (κ2) is 6.24. The average molecular weight is 281 g/mol. The van der Waals surface area contributed by atoms with Gasteiger partial charge in [0.15, 0.2) is 0 Å². The van der Waals surface area contributed by atoms with Crippen molar-refractivity contribution in [2.24, 2.45) is 7.05 Å². The third-order valence-electron chi connectivity index (χ3n) is 3.56. The zero-order chi connectivity index (χ0) is 13.8. The Balaban J connectivity index is 2.20. The lowest BCUT2D eigenvalue weighted by atomic mass is 10.1. The van der Waals surface area contributed by atoms with Crippen LogP contribution in [-0.4, -0.2) is 19.6 Å². The highest BCUT2D eigenvalue weighted by molar-refractivity contribution is 6.17. The summed E-state index contributed by atoms with van der Waals surface area (Å²) >= 11 is 6.07. The van der Waals surface area contributed by atoms with Gasteiger partial charge in [-0.1, -0.05) is 13.8 Å². The molecule has 0 aliphatic rings. The molecule has 2 aromatic heterocycles. The summed E-state index contributed by atoms with van der Waals surface area (Å²) in [5.41, 5.74) is 4.85. The lowest BCUT2D eigenvalue weighted by molar-refractivity contribution is 0.560. The lowest BCUT2D eigenvalue weighted by Gasteiger charge is -2.07. The molecular formula is C14H21ClN4. The summed E-state index contributed by atoms with van der Waals surface area (Å²) in [4.78, 5) is 0. The van der Waals surface area contributed by atoms with Gasteiger partial charge < -0.3 is 0 Å². The monoisotopic (exact) mass is 280 g/mol. The maximum absolute atomic E-state index is 6.07. The van der Waals surface area contributed by atoms with Crippen LogP contribution in [0.2, 0.25) is 0 Å². The third kappa shape index (κ3) is 2.84. The van der Waals surface area contributed by atoms with Gasteiger partial charge in [-0.15, -0.1) is 11.6 Å². The molecule has 5 heteroatoms. The second-order valence-corrected chi connectivity index (χ2v) is 4.90. The minimum absolute atomic E-state index is 0.554. The molecule has 0 aromatic carbocycles. The van der Waals surface area contributed by atoms with Crippen molar-refractivity contribution in [2.45, 2.75) is 45.5 Å². The Morgan fingerprint density at radius 1 is 1.26 bits per heavy atom. The Kier molecular flexibility index (Phi) is 4.64. The first kappa shape index (κ1) is 14.1. The van der Waals surface area contributed by atoms with Crippen molar-refractivity contribution >= 4 is 11.6 Å². The fraction of sp³-hybridized carbons (Fsp3) is 0.571. The summed E-state index contributed by atoms with van der Waals surface area (Å²) in [6.07, 6.45) is 4.69. The van der Waals surface area contributed by atoms with E-state index < -0.39 is 0 Å². The van der Waals surface area contributed by atoms with Crippen molar-refractivity contribution in [3.8, 4) is 0 Å². The van der Waals surface area contributed by atoms with E-state index in [1.54, 1.807) is 0 Å². The lowest BCUT2D eigenvalue weighted by Crippen LogP contribution is -2.10. The number of hydrogen-bond acceptors (Lipinski definition) is 2. The smallest absolute Gasteiger partial charge is 0.0668 e. The molecule has 2 rings (SSSR count). The molecule has 2 heterocycles. The molecule has 0 N–H and O–H groups in total. The largest absolute Gasteiger partial charge is 0.273 e. The Bertz CT molecular complexity index is 542. The molecule has 0 unspecified atom stereocenters. The fourth-order valence-corrected chi connectivity index (χ4v) is 2.78. The van der Waals surface area contributed by atoms with Gasteiger partial charge in [0.05, 0.1) is 11.6 Å². The van der Waals surface area contributed by atoms with Crippen molar-refractivity contribution in [1.29, 1.82) is 0 Å². The van der Waals surface area contributed by atoms with Crippen molar-refractivity contribution in [1.82, 2.24) is 19.6 Å². The first-order valence-corrected chi connectivity index (χ1v) is 7.34. The third-order valence-corrected chi connectivity index (χ3v) is 3.82. The molecule has 0 spiro atoms. The van der Waals surface area contributed by atoms with E-state index in [0.717, 1.165) is 31.5 Å². The Morgan fingerprint density at radius 2 is 2.05 bits per heavy atom. The van der Waals surface area contributed by atoms with Crippen LogP contribution in [0.15, 0.2) is 12.3 Å². The molecule has 0 radical (unpaired) electrons. The van der Waals surface area contributed by atoms with Crippen molar-refractivity contribution < 1.29 is 0 Å². The summed E-state index contributed by atoms with van der Waals surface area (Å²) in [5, 5.41) is 8.89. The van der Waals surface area contributed by atoms with Gasteiger partial charge in [0.25, 0.3) is 0 Å². The predicted octanol–water partition coefficient (Wildman–Crippen LogP) is 2.72. The van der Waals surface area contributed by atoms with Crippen molar-refractivity contribution in [2.75, 3.05) is 0 Å². The molecule has 19 heavy (non-hydrogen) atoms. The quantitative estimate of drug-likeness (QED) is 0.763. The summed E-state index contributed by atoms with van der Waals surface area (Å²) < 4.78 is 4.03. The molecule has 0 saturated heterocycles. The van der Waals surface area contributed by atoms with Crippen molar-refractivity contribution in [3.63, 3.8) is 0 Å². The van der Waals surface area contributed by atoms with Gasteiger partial charge in [-0.2, -0.15) is 10.2 Å². The van der Waals surface area contributed by atoms with E-state index in [4.69, 9.17) is 16.7 Å². The summed E-state index contributed by atoms with van der Waals surface area (Å²) in [5.74, 6) is 0.554. The minimum atomic E-state index is 0.554. The average Bonchev–Trinajstić information content (AvgIpc) is 2.98. The van der Waals surface area contributed by atoms with Gasteiger partial charge in [0.1, 0.15) is 0 Å². The zero-order valence-electron chi connectivity index (χ0n) is 11.9. The maximum atomic E-state index is 6.07. The first-order valence-electron chi connectivity index (χ1n) is 6.81. The van der Waals surface area contributed by atoms with E-state index in [2.05, 4.69) is 29.7 Å². The molecule has 104 valence electrons. The van der Waals surface area contributed by atoms with E-state index >= 15 is 0 Å². The number of rotatable bonds is 6. The minimum Gasteiger partial charge on any atom is -0.273 e. The van der Waals surface area contributed by atoms with Crippen LogP contribution in [0.1, 0.15) is 36.5 Å². The van der Waals surface area contributed by atoms with Gasteiger partial charge in [-0.25, -0.2) is 0 Å². The number of nitrogens with zero attached hydrogens (tertiary/aromatic N) is 4. The van der Waals surface area contributed by atoms with Crippen LogP contribution in [0.4, 0.5) is 0 Å². The summed E-state index contributed by atoms with van der Waals surface area (Å²) in [6.45, 7) is 5.17. The van der Waals surface area contributed by atoms with Gasteiger partial charge in [-0.3, -0.25) is 9.36 Å². The summed E-state index contributed by atoms with van der Waals surface area (Å²) in [7, 11) is 1.97. The SMILES string of the molecule is CCc1nn(CCc2ccnn2C)c(CC)c1CCl. The van der Waals surface area contributed by atoms with Crippen LogP contribution in [0.25, 0.3) is 0 Å². The molecule has 2 aromatic rings. The van der Waals surface area contributed by atoms with Gasteiger partial charge >= 0.3 is 0 Å². The number of aromatic nitrogens is 4. The highest BCUT2D eigenvalue weighted by Crippen LogP contribution is 2.19. The highest BCUT2D eigenvalue weighted by Gasteiger charge is 2.14. The molecule has 4 nitrogen and oxygen atoms in total. The van der Waals surface area contributed by atoms with Crippen LogP contribution >= 0.6 is 11.6 Å². The Hall–Kier alpha value is -1.29.